The van der Waals surface area contributed by atoms with E-state index in [2.05, 4.69) is 215 Å². The van der Waals surface area contributed by atoms with Crippen LogP contribution in [0.25, 0.3) is 60.9 Å². The zero-order valence-corrected chi connectivity index (χ0v) is 29.4. The van der Waals surface area contributed by atoms with E-state index in [0.717, 1.165) is 4.47 Å². The number of halogens is 1. The van der Waals surface area contributed by atoms with E-state index in [4.69, 9.17) is 0 Å². The Hall–Kier alpha value is -5.96. The van der Waals surface area contributed by atoms with Crippen LogP contribution in [-0.2, 0) is 5.41 Å². The molecule has 1 aliphatic rings. The van der Waals surface area contributed by atoms with Crippen molar-refractivity contribution >= 4 is 37.7 Å². The largest absolute Gasteiger partial charge is 0.309 e. The first kappa shape index (κ1) is 29.9. The summed E-state index contributed by atoms with van der Waals surface area (Å²) in [5.74, 6) is 0. The molecule has 1 aromatic heterocycles. The molecule has 0 amide bonds. The first-order chi connectivity index (χ1) is 25.2. The smallest absolute Gasteiger partial charge is 0.0714 e. The maximum Gasteiger partial charge on any atom is 0.0714 e. The van der Waals surface area contributed by atoms with E-state index in [9.17, 15) is 0 Å². The molecular weight excluding hydrogens is 682 g/mol. The molecule has 10 rings (SSSR count). The monoisotopic (exact) mass is 713 g/mol. The first-order valence-corrected chi connectivity index (χ1v) is 18.2. The van der Waals surface area contributed by atoms with Gasteiger partial charge in [-0.25, -0.2) is 0 Å². The van der Waals surface area contributed by atoms with Gasteiger partial charge < -0.3 is 4.57 Å². The highest BCUT2D eigenvalue weighted by molar-refractivity contribution is 9.10. The third-order valence-electron chi connectivity index (χ3n) is 10.7. The average Bonchev–Trinajstić information content (AvgIpc) is 3.68. The summed E-state index contributed by atoms with van der Waals surface area (Å²) in [6.45, 7) is 0. The molecule has 2 heteroatoms. The summed E-state index contributed by atoms with van der Waals surface area (Å²) in [6, 6.07) is 71.2. The highest BCUT2D eigenvalue weighted by Crippen LogP contribution is 2.57. The summed E-state index contributed by atoms with van der Waals surface area (Å²) in [6.07, 6.45) is 0. The van der Waals surface area contributed by atoms with Crippen molar-refractivity contribution in [2.75, 3.05) is 0 Å². The molecule has 0 atom stereocenters. The Morgan fingerprint density at radius 1 is 0.373 bits per heavy atom. The molecule has 8 aromatic carbocycles. The molecule has 9 aromatic rings. The summed E-state index contributed by atoms with van der Waals surface area (Å²) >= 11 is 3.83. The minimum atomic E-state index is -0.458. The normalized spacial score (nSPS) is 13.0. The maximum absolute atomic E-state index is 3.83. The zero-order valence-electron chi connectivity index (χ0n) is 27.8. The van der Waals surface area contributed by atoms with Gasteiger partial charge in [-0.05, 0) is 104 Å². The number of hydrogen-bond acceptors (Lipinski definition) is 0. The van der Waals surface area contributed by atoms with E-state index < -0.39 is 5.41 Å². The molecule has 0 saturated carbocycles. The molecule has 0 bridgehead atoms. The SMILES string of the molecule is Brc1ccc2c(c1)C(c1ccccc1)(c1ccccc1)c1cc(-c3cccc(-c4ccc5c6ccccc6n(-c6ccccc6)c5c4)c3)ccc1-2. The summed E-state index contributed by atoms with van der Waals surface area (Å²) in [7, 11) is 0. The predicted molar refractivity (Wildman–Crippen MR) is 217 cm³/mol. The topological polar surface area (TPSA) is 4.93 Å². The van der Waals surface area contributed by atoms with Crippen LogP contribution >= 0.6 is 15.9 Å². The molecule has 51 heavy (non-hydrogen) atoms. The van der Waals surface area contributed by atoms with Gasteiger partial charge in [0.05, 0.1) is 16.4 Å². The number of aromatic nitrogens is 1. The Labute approximate surface area is 306 Å². The first-order valence-electron chi connectivity index (χ1n) is 17.5. The Balaban J connectivity index is 1.15. The van der Waals surface area contributed by atoms with Gasteiger partial charge in [-0.2, -0.15) is 0 Å². The average molecular weight is 715 g/mol. The van der Waals surface area contributed by atoms with Crippen LogP contribution < -0.4 is 0 Å². The Bertz CT molecular complexity index is 2700. The van der Waals surface area contributed by atoms with Crippen molar-refractivity contribution in [1.29, 1.82) is 0 Å². The van der Waals surface area contributed by atoms with Crippen LogP contribution in [0.3, 0.4) is 0 Å². The lowest BCUT2D eigenvalue weighted by Crippen LogP contribution is -2.28. The number of para-hydroxylation sites is 2. The second-order valence-electron chi connectivity index (χ2n) is 13.4. The van der Waals surface area contributed by atoms with Crippen molar-refractivity contribution in [3.8, 4) is 39.1 Å². The van der Waals surface area contributed by atoms with E-state index in [1.165, 1.54) is 83.1 Å². The molecule has 1 aliphatic carbocycles. The third kappa shape index (κ3) is 4.60. The molecular formula is C49H32BrN. The van der Waals surface area contributed by atoms with Gasteiger partial charge in [0.1, 0.15) is 0 Å². The van der Waals surface area contributed by atoms with Crippen LogP contribution in [-0.4, -0.2) is 4.57 Å². The Kier molecular flexibility index (Phi) is 6.94. The fourth-order valence-electron chi connectivity index (χ4n) is 8.52. The van der Waals surface area contributed by atoms with Gasteiger partial charge in [0.2, 0.25) is 0 Å². The standard InChI is InChI=1S/C49H32BrN/c50-39-25-28-42-41-26-23-35(30-45(41)49(46(42)32-39,37-15-4-1-5-16-37)38-17-6-2-7-18-38)33-13-12-14-34(29-33)36-24-27-44-43-21-10-11-22-47(43)51(48(44)31-36)40-19-8-3-9-20-40/h1-32H. The van der Waals surface area contributed by atoms with Gasteiger partial charge in [0.25, 0.3) is 0 Å². The number of nitrogens with zero attached hydrogens (tertiary/aromatic N) is 1. The van der Waals surface area contributed by atoms with Crippen molar-refractivity contribution in [3.63, 3.8) is 0 Å². The Morgan fingerprint density at radius 2 is 0.902 bits per heavy atom. The van der Waals surface area contributed by atoms with Gasteiger partial charge in [0, 0.05) is 20.9 Å². The molecule has 240 valence electrons. The quantitative estimate of drug-likeness (QED) is 0.167. The molecule has 1 heterocycles. The van der Waals surface area contributed by atoms with Crippen LogP contribution in [0.15, 0.2) is 199 Å². The van der Waals surface area contributed by atoms with E-state index in [0.29, 0.717) is 0 Å². The predicted octanol–water partition coefficient (Wildman–Crippen LogP) is 13.2. The van der Waals surface area contributed by atoms with Gasteiger partial charge >= 0.3 is 0 Å². The second-order valence-corrected chi connectivity index (χ2v) is 14.3. The molecule has 0 saturated heterocycles. The van der Waals surface area contributed by atoms with Crippen molar-refractivity contribution in [2.24, 2.45) is 0 Å². The van der Waals surface area contributed by atoms with E-state index in [1.807, 2.05) is 0 Å². The van der Waals surface area contributed by atoms with Crippen LogP contribution in [0.1, 0.15) is 22.3 Å². The lowest BCUT2D eigenvalue weighted by molar-refractivity contribution is 0.768. The maximum atomic E-state index is 3.83. The number of rotatable bonds is 5. The summed E-state index contributed by atoms with van der Waals surface area (Å²) in [4.78, 5) is 0. The lowest BCUT2D eigenvalue weighted by atomic mass is 9.67. The van der Waals surface area contributed by atoms with Gasteiger partial charge in [-0.3, -0.25) is 0 Å². The number of fused-ring (bicyclic) bond motifs is 6. The number of benzene rings is 8. The summed E-state index contributed by atoms with van der Waals surface area (Å²) in [5, 5.41) is 2.53. The van der Waals surface area contributed by atoms with E-state index in [-0.39, 0.29) is 0 Å². The minimum absolute atomic E-state index is 0.458. The van der Waals surface area contributed by atoms with E-state index >= 15 is 0 Å². The number of hydrogen-bond donors (Lipinski definition) is 0. The molecule has 1 nitrogen and oxygen atoms in total. The highest BCUT2D eigenvalue weighted by atomic mass is 79.9. The van der Waals surface area contributed by atoms with Crippen molar-refractivity contribution in [1.82, 2.24) is 4.57 Å². The zero-order chi connectivity index (χ0) is 33.9. The van der Waals surface area contributed by atoms with Crippen LogP contribution in [0, 0.1) is 0 Å². The van der Waals surface area contributed by atoms with Gasteiger partial charge in [0.15, 0.2) is 0 Å². The minimum Gasteiger partial charge on any atom is -0.309 e. The van der Waals surface area contributed by atoms with Crippen LogP contribution in [0.5, 0.6) is 0 Å². The lowest BCUT2D eigenvalue weighted by Gasteiger charge is -2.34. The van der Waals surface area contributed by atoms with Crippen molar-refractivity contribution in [2.45, 2.75) is 5.41 Å². The highest BCUT2D eigenvalue weighted by Gasteiger charge is 2.46. The summed E-state index contributed by atoms with van der Waals surface area (Å²) in [5.41, 5.74) is 15.7. The fourth-order valence-corrected chi connectivity index (χ4v) is 8.89. The van der Waals surface area contributed by atoms with Gasteiger partial charge in [-0.1, -0.05) is 162 Å². The molecule has 0 spiro atoms. The fraction of sp³-hybridized carbons (Fsp3) is 0.0204. The van der Waals surface area contributed by atoms with E-state index in [1.54, 1.807) is 0 Å². The second kappa shape index (κ2) is 11.8. The van der Waals surface area contributed by atoms with Crippen LogP contribution in [0.2, 0.25) is 0 Å². The Morgan fingerprint density at radius 3 is 1.61 bits per heavy atom. The molecule has 0 unspecified atom stereocenters. The van der Waals surface area contributed by atoms with Crippen molar-refractivity contribution in [3.05, 3.63) is 221 Å². The third-order valence-corrected chi connectivity index (χ3v) is 11.2. The van der Waals surface area contributed by atoms with Crippen molar-refractivity contribution < 1.29 is 0 Å². The molecule has 0 radical (unpaired) electrons. The van der Waals surface area contributed by atoms with Gasteiger partial charge in [-0.15, -0.1) is 0 Å². The molecule has 0 aliphatic heterocycles. The molecule has 0 N–H and O–H groups in total. The summed E-state index contributed by atoms with van der Waals surface area (Å²) < 4.78 is 3.47. The molecule has 0 fully saturated rings. The van der Waals surface area contributed by atoms with Crippen LogP contribution in [0.4, 0.5) is 0 Å².